The fourth-order valence-corrected chi connectivity index (χ4v) is 5.44. The van der Waals surface area contributed by atoms with Crippen LogP contribution in [0.5, 0.6) is 0 Å². The van der Waals surface area contributed by atoms with Gasteiger partial charge in [0.25, 0.3) is 0 Å². The quantitative estimate of drug-likeness (QED) is 0.670. The first kappa shape index (κ1) is 18.4. The average Bonchev–Trinajstić information content (AvgIpc) is 3.20. The van der Waals surface area contributed by atoms with E-state index in [0.717, 1.165) is 36.6 Å². The van der Waals surface area contributed by atoms with Crippen molar-refractivity contribution in [2.45, 2.75) is 52.4 Å². The molecule has 2 aromatic rings. The van der Waals surface area contributed by atoms with Gasteiger partial charge in [-0.25, -0.2) is 4.39 Å². The molecule has 2 aliphatic carbocycles. The van der Waals surface area contributed by atoms with Crippen molar-refractivity contribution in [1.82, 2.24) is 4.98 Å². The van der Waals surface area contributed by atoms with Gasteiger partial charge in [-0.2, -0.15) is 0 Å². The van der Waals surface area contributed by atoms with E-state index in [9.17, 15) is 9.18 Å². The molecule has 1 heterocycles. The summed E-state index contributed by atoms with van der Waals surface area (Å²) >= 11 is 0. The van der Waals surface area contributed by atoms with Gasteiger partial charge in [0.2, 0.25) is 0 Å². The van der Waals surface area contributed by atoms with Crippen molar-refractivity contribution in [1.29, 1.82) is 0 Å². The van der Waals surface area contributed by atoms with Gasteiger partial charge in [0.15, 0.2) is 0 Å². The number of ether oxygens (including phenoxy) is 1. The van der Waals surface area contributed by atoms with Gasteiger partial charge in [-0.05, 0) is 100.0 Å². The van der Waals surface area contributed by atoms with Crippen LogP contribution in [-0.4, -0.2) is 17.6 Å². The summed E-state index contributed by atoms with van der Waals surface area (Å²) in [6, 6.07) is 6.93. The number of pyridine rings is 1. The summed E-state index contributed by atoms with van der Waals surface area (Å²) in [6.07, 6.45) is 6.26. The Bertz CT molecular complexity index is 849. The van der Waals surface area contributed by atoms with E-state index in [-0.39, 0.29) is 11.8 Å². The van der Waals surface area contributed by atoms with Crippen molar-refractivity contribution in [3.05, 3.63) is 41.8 Å². The van der Waals surface area contributed by atoms with Crippen LogP contribution in [0.25, 0.3) is 10.9 Å². The normalized spacial score (nSPS) is 27.7. The summed E-state index contributed by atoms with van der Waals surface area (Å²) in [6.45, 7) is 6.38. The number of rotatable bonds is 4. The van der Waals surface area contributed by atoms with Gasteiger partial charge in [-0.15, -0.1) is 0 Å². The van der Waals surface area contributed by atoms with Crippen LogP contribution in [0.4, 0.5) is 4.39 Å². The van der Waals surface area contributed by atoms with Crippen LogP contribution in [0.3, 0.4) is 0 Å². The lowest BCUT2D eigenvalue weighted by Gasteiger charge is -2.30. The standard InChI is InChI=1S/C23H28FNO2/c1-4-27-22(26)23(2,3)17-11-14-9-16(10-15(14)12-17)19-7-8-25-21-6-5-18(24)13-20(19)21/h5-8,13-17H,4,9-12H2,1-3H3/t14-,15?,16-,17-/m1/s1. The Balaban J connectivity index is 1.51. The SMILES string of the molecule is CCOC(=O)C(C)(C)[C@H]1CC2C[C@H](c3ccnc4ccc(F)cc34)C[C@@H]2C1. The molecule has 0 bridgehead atoms. The molecular formula is C23H28FNO2. The number of aromatic nitrogens is 1. The van der Waals surface area contributed by atoms with E-state index < -0.39 is 5.41 Å². The molecule has 27 heavy (non-hydrogen) atoms. The molecule has 144 valence electrons. The molecule has 2 aliphatic rings. The topological polar surface area (TPSA) is 39.2 Å². The molecule has 0 saturated heterocycles. The van der Waals surface area contributed by atoms with Gasteiger partial charge in [0.05, 0.1) is 17.5 Å². The number of carbonyl (C=O) groups excluding carboxylic acids is 1. The zero-order chi connectivity index (χ0) is 19.2. The van der Waals surface area contributed by atoms with Crippen LogP contribution >= 0.6 is 0 Å². The predicted molar refractivity (Wildman–Crippen MR) is 104 cm³/mol. The Kier molecular flexibility index (Phi) is 4.69. The second-order valence-corrected chi connectivity index (χ2v) is 8.86. The van der Waals surface area contributed by atoms with Crippen molar-refractivity contribution >= 4 is 16.9 Å². The van der Waals surface area contributed by atoms with E-state index >= 15 is 0 Å². The van der Waals surface area contributed by atoms with Crippen molar-refractivity contribution in [3.63, 3.8) is 0 Å². The highest BCUT2D eigenvalue weighted by Crippen LogP contribution is 2.56. The maximum atomic E-state index is 13.8. The van der Waals surface area contributed by atoms with Crippen molar-refractivity contribution in [2.24, 2.45) is 23.2 Å². The third-order valence-corrected chi connectivity index (χ3v) is 7.02. The summed E-state index contributed by atoms with van der Waals surface area (Å²) in [7, 11) is 0. The van der Waals surface area contributed by atoms with E-state index in [1.54, 1.807) is 12.1 Å². The number of hydrogen-bond acceptors (Lipinski definition) is 3. The van der Waals surface area contributed by atoms with Gasteiger partial charge in [-0.1, -0.05) is 0 Å². The van der Waals surface area contributed by atoms with Gasteiger partial charge < -0.3 is 4.74 Å². The number of halogens is 1. The Morgan fingerprint density at radius 3 is 2.56 bits per heavy atom. The van der Waals surface area contributed by atoms with Crippen LogP contribution in [0.2, 0.25) is 0 Å². The molecule has 1 aromatic carbocycles. The zero-order valence-corrected chi connectivity index (χ0v) is 16.4. The Labute approximate surface area is 160 Å². The first-order valence-corrected chi connectivity index (χ1v) is 10.1. The molecular weight excluding hydrogens is 341 g/mol. The molecule has 4 rings (SSSR count). The van der Waals surface area contributed by atoms with Gasteiger partial charge in [0, 0.05) is 11.6 Å². The molecule has 0 N–H and O–H groups in total. The first-order chi connectivity index (χ1) is 12.9. The highest BCUT2D eigenvalue weighted by atomic mass is 19.1. The maximum absolute atomic E-state index is 13.8. The van der Waals surface area contributed by atoms with Crippen LogP contribution in [-0.2, 0) is 9.53 Å². The Morgan fingerprint density at radius 2 is 1.89 bits per heavy atom. The molecule has 4 atom stereocenters. The summed E-state index contributed by atoms with van der Waals surface area (Å²) in [5, 5.41) is 0.950. The minimum absolute atomic E-state index is 0.0675. The van der Waals surface area contributed by atoms with Crippen molar-refractivity contribution < 1.29 is 13.9 Å². The van der Waals surface area contributed by atoms with Crippen LogP contribution in [0.1, 0.15) is 57.9 Å². The molecule has 0 aliphatic heterocycles. The van der Waals surface area contributed by atoms with E-state index in [1.165, 1.54) is 11.6 Å². The number of carbonyl (C=O) groups is 1. The number of fused-ring (bicyclic) bond motifs is 2. The predicted octanol–water partition coefficient (Wildman–Crippen LogP) is 5.48. The second-order valence-electron chi connectivity index (χ2n) is 8.86. The van der Waals surface area contributed by atoms with Crippen molar-refractivity contribution in [3.8, 4) is 0 Å². The van der Waals surface area contributed by atoms with E-state index in [4.69, 9.17) is 4.74 Å². The lowest BCUT2D eigenvalue weighted by molar-refractivity contribution is -0.156. The van der Waals surface area contributed by atoms with E-state index in [1.807, 2.05) is 27.0 Å². The molecule has 3 nitrogen and oxygen atoms in total. The summed E-state index contributed by atoms with van der Waals surface area (Å²) in [5.41, 5.74) is 1.69. The van der Waals surface area contributed by atoms with E-state index in [2.05, 4.69) is 11.1 Å². The van der Waals surface area contributed by atoms with Crippen molar-refractivity contribution in [2.75, 3.05) is 6.61 Å². The largest absolute Gasteiger partial charge is 0.466 e. The number of benzene rings is 1. The smallest absolute Gasteiger partial charge is 0.311 e. The van der Waals surface area contributed by atoms with Gasteiger partial charge in [0.1, 0.15) is 5.82 Å². The summed E-state index contributed by atoms with van der Waals surface area (Å²) in [5.74, 6) is 1.86. The van der Waals surface area contributed by atoms with Crippen LogP contribution in [0.15, 0.2) is 30.5 Å². The number of hydrogen-bond donors (Lipinski definition) is 0. The highest BCUT2D eigenvalue weighted by Gasteiger charge is 2.49. The molecule has 0 radical (unpaired) electrons. The van der Waals surface area contributed by atoms with Crippen LogP contribution < -0.4 is 0 Å². The minimum atomic E-state index is -0.414. The lowest BCUT2D eigenvalue weighted by Crippen LogP contribution is -2.34. The van der Waals surface area contributed by atoms with Gasteiger partial charge in [-0.3, -0.25) is 9.78 Å². The molecule has 1 aromatic heterocycles. The first-order valence-electron chi connectivity index (χ1n) is 10.1. The monoisotopic (exact) mass is 369 g/mol. The molecule has 0 spiro atoms. The summed E-state index contributed by atoms with van der Waals surface area (Å²) in [4.78, 5) is 16.8. The number of nitrogens with zero attached hydrogens (tertiary/aromatic N) is 1. The van der Waals surface area contributed by atoms with Crippen LogP contribution in [0, 0.1) is 29.0 Å². The molecule has 2 fully saturated rings. The van der Waals surface area contributed by atoms with Gasteiger partial charge >= 0.3 is 5.97 Å². The summed E-state index contributed by atoms with van der Waals surface area (Å²) < 4.78 is 19.1. The molecule has 2 saturated carbocycles. The average molecular weight is 369 g/mol. The van der Waals surface area contributed by atoms with E-state index in [0.29, 0.717) is 30.3 Å². The molecule has 4 heteroatoms. The highest BCUT2D eigenvalue weighted by molar-refractivity contribution is 5.82. The molecule has 1 unspecified atom stereocenters. The third kappa shape index (κ3) is 3.24. The minimum Gasteiger partial charge on any atom is -0.466 e. The number of esters is 1. The fourth-order valence-electron chi connectivity index (χ4n) is 5.44. The Morgan fingerprint density at radius 1 is 1.19 bits per heavy atom. The molecule has 0 amide bonds. The third-order valence-electron chi connectivity index (χ3n) is 7.02. The Hall–Kier alpha value is -1.97. The zero-order valence-electron chi connectivity index (χ0n) is 16.4. The lowest BCUT2D eigenvalue weighted by atomic mass is 9.76. The second kappa shape index (κ2) is 6.88. The fraction of sp³-hybridized carbons (Fsp3) is 0.565. The maximum Gasteiger partial charge on any atom is 0.311 e.